The van der Waals surface area contributed by atoms with Gasteiger partial charge in [-0.2, -0.15) is 0 Å². The lowest BCUT2D eigenvalue weighted by atomic mass is 9.94. The van der Waals surface area contributed by atoms with Crippen molar-refractivity contribution in [3.63, 3.8) is 0 Å². The van der Waals surface area contributed by atoms with Gasteiger partial charge in [0, 0.05) is 63.0 Å². The maximum atomic E-state index is 12.9. The van der Waals surface area contributed by atoms with Crippen molar-refractivity contribution in [1.29, 1.82) is 0 Å². The summed E-state index contributed by atoms with van der Waals surface area (Å²) in [5.74, 6) is 0.693. The number of hydrogen-bond acceptors (Lipinski definition) is 4. The number of fused-ring (bicyclic) bond motifs is 4. The van der Waals surface area contributed by atoms with Crippen molar-refractivity contribution in [2.45, 2.75) is 38.3 Å². The first-order chi connectivity index (χ1) is 13.7. The molecule has 5 rings (SSSR count). The Balaban J connectivity index is 1.35. The van der Waals surface area contributed by atoms with Crippen LogP contribution >= 0.6 is 0 Å². The zero-order valence-electron chi connectivity index (χ0n) is 16.2. The van der Waals surface area contributed by atoms with E-state index in [0.29, 0.717) is 17.9 Å². The van der Waals surface area contributed by atoms with Gasteiger partial charge in [0.25, 0.3) is 0 Å². The summed E-state index contributed by atoms with van der Waals surface area (Å²) < 4.78 is 0. The van der Waals surface area contributed by atoms with Crippen molar-refractivity contribution in [2.24, 2.45) is 5.92 Å². The van der Waals surface area contributed by atoms with Crippen LogP contribution in [-0.4, -0.2) is 52.2 Å². The van der Waals surface area contributed by atoms with E-state index in [9.17, 15) is 9.59 Å². The standard InChI is InChI=1S/C23H27N3O2/c27-22(20-6-2-1-3-7-20)10-11-23(28)26-16-19-8-9-21(26)17-25(15-19)14-18-5-4-12-24-13-18/h1-7,12-13,19,21H,8-11,14-17H2/t19-,21+/m0/s1. The number of ketones is 1. The van der Waals surface area contributed by atoms with Gasteiger partial charge in [0.2, 0.25) is 5.91 Å². The van der Waals surface area contributed by atoms with Gasteiger partial charge in [-0.15, -0.1) is 0 Å². The fraction of sp³-hybridized carbons (Fsp3) is 0.435. The molecular formula is C23H27N3O2. The van der Waals surface area contributed by atoms with Gasteiger partial charge in [-0.1, -0.05) is 36.4 Å². The molecule has 0 saturated carbocycles. The number of carbonyl (C=O) groups excluding carboxylic acids is 2. The van der Waals surface area contributed by atoms with Crippen LogP contribution in [0.4, 0.5) is 0 Å². The van der Waals surface area contributed by atoms with E-state index in [1.165, 1.54) is 12.0 Å². The van der Waals surface area contributed by atoms with Crippen LogP contribution in [0.5, 0.6) is 0 Å². The van der Waals surface area contributed by atoms with Crippen LogP contribution in [0.15, 0.2) is 54.9 Å². The number of rotatable bonds is 6. The van der Waals surface area contributed by atoms with E-state index in [4.69, 9.17) is 0 Å². The molecule has 3 saturated heterocycles. The van der Waals surface area contributed by atoms with Crippen LogP contribution in [-0.2, 0) is 11.3 Å². The third kappa shape index (κ3) is 4.47. The van der Waals surface area contributed by atoms with Crippen molar-refractivity contribution in [1.82, 2.24) is 14.8 Å². The quantitative estimate of drug-likeness (QED) is 0.726. The fourth-order valence-electron chi connectivity index (χ4n) is 4.50. The van der Waals surface area contributed by atoms with Crippen LogP contribution in [0.1, 0.15) is 41.6 Å². The Morgan fingerprint density at radius 1 is 0.964 bits per heavy atom. The summed E-state index contributed by atoms with van der Waals surface area (Å²) in [6.07, 6.45) is 6.56. The Morgan fingerprint density at radius 2 is 1.82 bits per heavy atom. The largest absolute Gasteiger partial charge is 0.338 e. The van der Waals surface area contributed by atoms with Gasteiger partial charge in [0.05, 0.1) is 0 Å². The van der Waals surface area contributed by atoms with Gasteiger partial charge < -0.3 is 4.90 Å². The minimum atomic E-state index is 0.0483. The lowest BCUT2D eigenvalue weighted by Gasteiger charge is -2.36. The van der Waals surface area contributed by atoms with Crippen LogP contribution in [0.25, 0.3) is 0 Å². The molecule has 0 spiro atoms. The second-order valence-electron chi connectivity index (χ2n) is 7.99. The number of piperidine rings is 1. The van der Waals surface area contributed by atoms with Gasteiger partial charge in [0.1, 0.15) is 0 Å². The highest BCUT2D eigenvalue weighted by Gasteiger charge is 2.36. The fourth-order valence-corrected chi connectivity index (χ4v) is 4.50. The third-order valence-electron chi connectivity index (χ3n) is 5.90. The molecule has 28 heavy (non-hydrogen) atoms. The third-order valence-corrected chi connectivity index (χ3v) is 5.90. The molecule has 0 aliphatic carbocycles. The summed E-state index contributed by atoms with van der Waals surface area (Å²) in [7, 11) is 0. The number of hydrogen-bond donors (Lipinski definition) is 0. The van der Waals surface area contributed by atoms with Crippen LogP contribution in [0.3, 0.4) is 0 Å². The summed E-state index contributed by atoms with van der Waals surface area (Å²) in [6, 6.07) is 13.6. The van der Waals surface area contributed by atoms with Crippen LogP contribution in [0.2, 0.25) is 0 Å². The van der Waals surface area contributed by atoms with Crippen molar-refractivity contribution >= 4 is 11.7 Å². The highest BCUT2D eigenvalue weighted by atomic mass is 16.2. The molecule has 3 fully saturated rings. The lowest BCUT2D eigenvalue weighted by molar-refractivity contribution is -0.135. The monoisotopic (exact) mass is 377 g/mol. The average molecular weight is 377 g/mol. The Hall–Kier alpha value is -2.53. The number of amides is 1. The molecule has 4 heterocycles. The van der Waals surface area contributed by atoms with E-state index in [-0.39, 0.29) is 24.2 Å². The smallest absolute Gasteiger partial charge is 0.223 e. The van der Waals surface area contributed by atoms with Gasteiger partial charge in [0.15, 0.2) is 5.78 Å². The van der Waals surface area contributed by atoms with E-state index < -0.39 is 0 Å². The molecular weight excluding hydrogens is 350 g/mol. The summed E-state index contributed by atoms with van der Waals surface area (Å²) in [4.78, 5) is 33.9. The predicted molar refractivity (Wildman–Crippen MR) is 108 cm³/mol. The summed E-state index contributed by atoms with van der Waals surface area (Å²) in [5, 5.41) is 0. The SMILES string of the molecule is O=C(CCC(=O)N1C[C@H]2CC[C@@H]1CN(Cc1cccnc1)C2)c1ccccc1. The number of Topliss-reactive ketones (excluding diaryl/α,β-unsaturated/α-hetero) is 1. The topological polar surface area (TPSA) is 53.5 Å². The Kier molecular flexibility index (Phi) is 5.81. The average Bonchev–Trinajstić information content (AvgIpc) is 3.04. The molecule has 5 nitrogen and oxygen atoms in total. The zero-order valence-corrected chi connectivity index (χ0v) is 16.2. The molecule has 2 bridgehead atoms. The molecule has 0 radical (unpaired) electrons. The van der Waals surface area contributed by atoms with Gasteiger partial charge in [-0.25, -0.2) is 0 Å². The van der Waals surface area contributed by atoms with Gasteiger partial charge in [-0.3, -0.25) is 19.5 Å². The van der Waals surface area contributed by atoms with E-state index >= 15 is 0 Å². The number of benzene rings is 1. The van der Waals surface area contributed by atoms with Crippen LogP contribution < -0.4 is 0 Å². The maximum absolute atomic E-state index is 12.9. The number of nitrogens with zero attached hydrogens (tertiary/aromatic N) is 3. The van der Waals surface area contributed by atoms with Crippen molar-refractivity contribution in [3.05, 3.63) is 66.0 Å². The van der Waals surface area contributed by atoms with Crippen LogP contribution in [0, 0.1) is 5.92 Å². The molecule has 1 amide bonds. The highest BCUT2D eigenvalue weighted by molar-refractivity contribution is 5.97. The first-order valence-electron chi connectivity index (χ1n) is 10.2. The molecule has 1 aromatic carbocycles. The molecule has 1 aromatic heterocycles. The van der Waals surface area contributed by atoms with E-state index in [1.807, 2.05) is 42.6 Å². The Morgan fingerprint density at radius 3 is 2.61 bits per heavy atom. The van der Waals surface area contributed by atoms with E-state index in [2.05, 4.69) is 20.9 Å². The summed E-state index contributed by atoms with van der Waals surface area (Å²) >= 11 is 0. The molecule has 146 valence electrons. The second-order valence-corrected chi connectivity index (χ2v) is 7.99. The molecule has 5 heteroatoms. The minimum absolute atomic E-state index is 0.0483. The molecule has 0 unspecified atom stereocenters. The number of pyridine rings is 1. The zero-order chi connectivity index (χ0) is 19.3. The van der Waals surface area contributed by atoms with Crippen molar-refractivity contribution in [2.75, 3.05) is 19.6 Å². The molecule has 3 aliphatic rings. The van der Waals surface area contributed by atoms with E-state index in [1.54, 1.807) is 6.20 Å². The van der Waals surface area contributed by atoms with E-state index in [0.717, 1.165) is 32.6 Å². The number of carbonyl (C=O) groups is 2. The first kappa shape index (κ1) is 18.8. The van der Waals surface area contributed by atoms with Gasteiger partial charge in [-0.05, 0) is 30.4 Å². The molecule has 2 atom stereocenters. The highest BCUT2D eigenvalue weighted by Crippen LogP contribution is 2.29. The molecule has 2 aromatic rings. The van der Waals surface area contributed by atoms with Crippen molar-refractivity contribution in [3.8, 4) is 0 Å². The maximum Gasteiger partial charge on any atom is 0.223 e. The first-order valence-corrected chi connectivity index (χ1v) is 10.2. The van der Waals surface area contributed by atoms with Gasteiger partial charge >= 0.3 is 0 Å². The normalized spacial score (nSPS) is 22.1. The minimum Gasteiger partial charge on any atom is -0.338 e. The number of aromatic nitrogens is 1. The summed E-state index contributed by atoms with van der Waals surface area (Å²) in [5.41, 5.74) is 1.91. The summed E-state index contributed by atoms with van der Waals surface area (Å²) in [6.45, 7) is 3.64. The second kappa shape index (κ2) is 8.65. The molecule has 0 N–H and O–H groups in total. The predicted octanol–water partition coefficient (Wildman–Crippen LogP) is 3.17. The van der Waals surface area contributed by atoms with Crippen molar-refractivity contribution < 1.29 is 9.59 Å². The Bertz CT molecular complexity index is 809. The molecule has 3 aliphatic heterocycles. The lowest BCUT2D eigenvalue weighted by Crippen LogP contribution is -2.47. The Labute approximate surface area is 166 Å².